The summed E-state index contributed by atoms with van der Waals surface area (Å²) in [7, 11) is 1.39. The zero-order valence-electron chi connectivity index (χ0n) is 15.9. The monoisotopic (exact) mass is 439 g/mol. The first-order valence-electron chi connectivity index (χ1n) is 9.00. The fraction of sp³-hybridized carbons (Fsp3) is 0.250. The van der Waals surface area contributed by atoms with Gasteiger partial charge in [0.05, 0.1) is 30.2 Å². The highest BCUT2D eigenvalue weighted by molar-refractivity contribution is 5.95. The second-order valence-corrected chi connectivity index (χ2v) is 7.04. The lowest BCUT2D eigenvalue weighted by atomic mass is 9.95. The molecule has 11 heteroatoms. The van der Waals surface area contributed by atoms with Crippen molar-refractivity contribution in [3.63, 3.8) is 0 Å². The molecule has 3 heterocycles. The van der Waals surface area contributed by atoms with Crippen LogP contribution in [0.2, 0.25) is 0 Å². The summed E-state index contributed by atoms with van der Waals surface area (Å²) in [6.07, 6.45) is -3.83. The number of H-pyrrole nitrogens is 1. The summed E-state index contributed by atoms with van der Waals surface area (Å²) in [6, 6.07) is 2.53. The number of alkyl halides is 3. The second-order valence-electron chi connectivity index (χ2n) is 7.04. The van der Waals surface area contributed by atoms with Crippen molar-refractivity contribution in [1.82, 2.24) is 14.9 Å². The zero-order chi connectivity index (χ0) is 22.5. The van der Waals surface area contributed by atoms with Gasteiger partial charge < -0.3 is 14.6 Å². The molecular formula is C20H14F5N3O3. The fourth-order valence-corrected chi connectivity index (χ4v) is 3.58. The maximum absolute atomic E-state index is 13.9. The summed E-state index contributed by atoms with van der Waals surface area (Å²) >= 11 is 0. The molecule has 31 heavy (non-hydrogen) atoms. The van der Waals surface area contributed by atoms with Crippen molar-refractivity contribution in [2.24, 2.45) is 0 Å². The Labute approximate surface area is 171 Å². The molecule has 1 aromatic carbocycles. The van der Waals surface area contributed by atoms with E-state index in [9.17, 15) is 31.5 Å². The maximum atomic E-state index is 13.9. The van der Waals surface area contributed by atoms with Crippen molar-refractivity contribution in [3.8, 4) is 0 Å². The molecule has 0 spiro atoms. The molecule has 0 saturated carbocycles. The molecule has 0 fully saturated rings. The maximum Gasteiger partial charge on any atom is 0.433 e. The van der Waals surface area contributed by atoms with E-state index in [0.29, 0.717) is 17.3 Å². The highest BCUT2D eigenvalue weighted by atomic mass is 19.4. The molecule has 4 rings (SSSR count). The number of benzene rings is 1. The molecule has 2 aromatic heterocycles. The second kappa shape index (κ2) is 7.41. The normalized spacial score (nSPS) is 16.3. The van der Waals surface area contributed by atoms with Crippen LogP contribution in [0.5, 0.6) is 0 Å². The molecule has 0 unspecified atom stereocenters. The summed E-state index contributed by atoms with van der Waals surface area (Å²) in [4.78, 5) is 32.2. The highest BCUT2D eigenvalue weighted by Gasteiger charge is 2.34. The van der Waals surface area contributed by atoms with Crippen molar-refractivity contribution in [1.29, 1.82) is 0 Å². The predicted octanol–water partition coefficient (Wildman–Crippen LogP) is 3.56. The van der Waals surface area contributed by atoms with E-state index in [1.807, 2.05) is 0 Å². The van der Waals surface area contributed by atoms with Gasteiger partial charge in [0, 0.05) is 24.5 Å². The van der Waals surface area contributed by atoms with Gasteiger partial charge in [0.1, 0.15) is 5.69 Å². The molecule has 162 valence electrons. The Hall–Kier alpha value is -3.34. The summed E-state index contributed by atoms with van der Waals surface area (Å²) in [5.41, 5.74) is -1.22. The summed E-state index contributed by atoms with van der Waals surface area (Å²) in [5, 5.41) is 0.0257. The fourth-order valence-electron chi connectivity index (χ4n) is 3.58. The van der Waals surface area contributed by atoms with Crippen molar-refractivity contribution in [3.05, 3.63) is 75.0 Å². The minimum absolute atomic E-state index is 0.0140. The average molecular weight is 439 g/mol. The van der Waals surface area contributed by atoms with Gasteiger partial charge in [-0.3, -0.25) is 14.6 Å². The van der Waals surface area contributed by atoms with E-state index in [-0.39, 0.29) is 29.5 Å². The number of aromatic amines is 1. The van der Waals surface area contributed by atoms with Gasteiger partial charge >= 0.3 is 6.18 Å². The molecule has 3 aromatic rings. The molecule has 0 aliphatic carbocycles. The van der Waals surface area contributed by atoms with E-state index in [1.165, 1.54) is 11.9 Å². The number of amides is 1. The number of nitrogens with zero attached hydrogens (tertiary/aromatic N) is 2. The molecule has 0 bridgehead atoms. The van der Waals surface area contributed by atoms with Crippen LogP contribution in [0.15, 0.2) is 35.3 Å². The number of carbonyl (C=O) groups is 1. The van der Waals surface area contributed by atoms with Crippen LogP contribution < -0.4 is 5.56 Å². The topological polar surface area (TPSA) is 75.3 Å². The molecule has 0 saturated heterocycles. The van der Waals surface area contributed by atoms with Gasteiger partial charge in [-0.2, -0.15) is 13.2 Å². The number of likely N-dealkylation sites (N-methyl/N-ethyl adjacent to an activating group) is 1. The molecular weight excluding hydrogens is 425 g/mol. The standard InChI is InChI=1S/C20H14F5N3O3/c1-28(19(30)9-2-3-16(26-6-9)20(23,24)25)15-8-31-7-14-17(15)10-4-12(21)13(22)5-11(10)18(29)27-14/h2-6,15H,7-8H2,1H3,(H,27,29)/t15-/m0/s1. The first-order valence-corrected chi connectivity index (χ1v) is 9.00. The lowest BCUT2D eigenvalue weighted by Gasteiger charge is -2.33. The van der Waals surface area contributed by atoms with Gasteiger partial charge in [-0.1, -0.05) is 0 Å². The summed E-state index contributed by atoms with van der Waals surface area (Å²) in [5.74, 6) is -3.02. The van der Waals surface area contributed by atoms with Crippen LogP contribution in [0.25, 0.3) is 10.8 Å². The average Bonchev–Trinajstić information content (AvgIpc) is 2.73. The van der Waals surface area contributed by atoms with Gasteiger partial charge in [0.25, 0.3) is 11.5 Å². The smallest absolute Gasteiger partial charge is 0.373 e. The minimum Gasteiger partial charge on any atom is -0.373 e. The Morgan fingerprint density at radius 3 is 2.48 bits per heavy atom. The predicted molar refractivity (Wildman–Crippen MR) is 98.2 cm³/mol. The molecule has 1 aliphatic rings. The van der Waals surface area contributed by atoms with Crippen LogP contribution in [0.4, 0.5) is 22.0 Å². The number of fused-ring (bicyclic) bond motifs is 3. The van der Waals surface area contributed by atoms with Crippen molar-refractivity contribution < 1.29 is 31.5 Å². The van der Waals surface area contributed by atoms with E-state index < -0.39 is 41.0 Å². The minimum atomic E-state index is -4.65. The van der Waals surface area contributed by atoms with E-state index >= 15 is 0 Å². The van der Waals surface area contributed by atoms with E-state index in [0.717, 1.165) is 24.4 Å². The lowest BCUT2D eigenvalue weighted by Crippen LogP contribution is -2.37. The lowest BCUT2D eigenvalue weighted by molar-refractivity contribution is -0.141. The Morgan fingerprint density at radius 1 is 1.19 bits per heavy atom. The van der Waals surface area contributed by atoms with Gasteiger partial charge in [0.2, 0.25) is 0 Å². The number of rotatable bonds is 2. The number of hydrogen-bond acceptors (Lipinski definition) is 4. The molecule has 6 nitrogen and oxygen atoms in total. The summed E-state index contributed by atoms with van der Waals surface area (Å²) in [6.45, 7) is -0.0384. The summed E-state index contributed by atoms with van der Waals surface area (Å²) < 4.78 is 71.2. The number of carbonyl (C=O) groups excluding carboxylic acids is 1. The molecule has 0 radical (unpaired) electrons. The number of pyridine rings is 2. The molecule has 1 amide bonds. The van der Waals surface area contributed by atoms with Gasteiger partial charge in [0.15, 0.2) is 11.6 Å². The van der Waals surface area contributed by atoms with Crippen molar-refractivity contribution in [2.75, 3.05) is 13.7 Å². The largest absolute Gasteiger partial charge is 0.433 e. The Bertz CT molecular complexity index is 1240. The van der Waals surface area contributed by atoms with Crippen LogP contribution >= 0.6 is 0 Å². The SMILES string of the molecule is CN(C(=O)c1ccc(C(F)(F)F)nc1)[C@H]1COCc2[nH]c(=O)c3cc(F)c(F)cc3c21. The van der Waals surface area contributed by atoms with Crippen LogP contribution in [-0.4, -0.2) is 34.4 Å². The number of hydrogen-bond donors (Lipinski definition) is 1. The Morgan fingerprint density at radius 2 is 1.87 bits per heavy atom. The van der Waals surface area contributed by atoms with Crippen LogP contribution in [-0.2, 0) is 17.5 Å². The third kappa shape index (κ3) is 3.65. The van der Waals surface area contributed by atoms with Gasteiger partial charge in [-0.05, 0) is 29.7 Å². The number of aromatic nitrogens is 2. The third-order valence-corrected chi connectivity index (χ3v) is 5.13. The van der Waals surface area contributed by atoms with E-state index in [2.05, 4.69) is 9.97 Å². The van der Waals surface area contributed by atoms with Crippen LogP contribution in [0, 0.1) is 11.6 Å². The quantitative estimate of drug-likeness (QED) is 0.620. The van der Waals surface area contributed by atoms with Gasteiger partial charge in [-0.25, -0.2) is 8.78 Å². The van der Waals surface area contributed by atoms with E-state index in [4.69, 9.17) is 4.74 Å². The first kappa shape index (κ1) is 20.9. The van der Waals surface area contributed by atoms with Crippen LogP contribution in [0.1, 0.15) is 33.4 Å². The van der Waals surface area contributed by atoms with Gasteiger partial charge in [-0.15, -0.1) is 0 Å². The highest BCUT2D eigenvalue weighted by Crippen LogP contribution is 2.34. The Balaban J connectivity index is 1.77. The molecule has 1 atom stereocenters. The van der Waals surface area contributed by atoms with Crippen molar-refractivity contribution in [2.45, 2.75) is 18.8 Å². The van der Waals surface area contributed by atoms with Crippen molar-refractivity contribution >= 4 is 16.7 Å². The number of ether oxygens (including phenoxy) is 1. The zero-order valence-corrected chi connectivity index (χ0v) is 15.9. The molecule has 1 aliphatic heterocycles. The Kier molecular flexibility index (Phi) is 5.00. The number of nitrogens with one attached hydrogen (secondary N) is 1. The first-order chi connectivity index (χ1) is 14.6. The third-order valence-electron chi connectivity index (χ3n) is 5.13. The van der Waals surface area contributed by atoms with Crippen LogP contribution in [0.3, 0.4) is 0 Å². The molecule has 1 N–H and O–H groups in total. The van der Waals surface area contributed by atoms with E-state index in [1.54, 1.807) is 0 Å². The number of halogens is 5.